The lowest BCUT2D eigenvalue weighted by molar-refractivity contribution is -0.166. The summed E-state index contributed by atoms with van der Waals surface area (Å²) in [5, 5.41) is 0. The van der Waals surface area contributed by atoms with E-state index >= 15 is 0 Å². The number of morpholine rings is 1. The van der Waals surface area contributed by atoms with Crippen LogP contribution in [0.5, 0.6) is 0 Å². The standard InChI is InChI=1S/C11H19NO3/c1-4-5-6-12-7-9(2)15-10(8-12)11(13)14-3/h4,9-10H,1,5-8H2,2-3H3/t9-,10+/m1/s1. The Bertz CT molecular complexity index is 230. The molecule has 0 amide bonds. The van der Waals surface area contributed by atoms with Crippen molar-refractivity contribution in [2.75, 3.05) is 26.7 Å². The van der Waals surface area contributed by atoms with Crippen LogP contribution in [0, 0.1) is 0 Å². The number of hydrogen-bond donors (Lipinski definition) is 0. The van der Waals surface area contributed by atoms with Crippen molar-refractivity contribution in [2.45, 2.75) is 25.6 Å². The molecule has 1 heterocycles. The van der Waals surface area contributed by atoms with Crippen molar-refractivity contribution in [1.82, 2.24) is 4.90 Å². The van der Waals surface area contributed by atoms with Gasteiger partial charge in [0.15, 0.2) is 6.10 Å². The second kappa shape index (κ2) is 5.88. The average Bonchev–Trinajstić information content (AvgIpc) is 2.24. The van der Waals surface area contributed by atoms with Gasteiger partial charge in [0.25, 0.3) is 0 Å². The molecule has 4 nitrogen and oxygen atoms in total. The zero-order valence-electron chi connectivity index (χ0n) is 9.44. The highest BCUT2D eigenvalue weighted by molar-refractivity contribution is 5.74. The van der Waals surface area contributed by atoms with Gasteiger partial charge in [-0.3, -0.25) is 4.90 Å². The molecule has 1 fully saturated rings. The number of nitrogens with zero attached hydrogens (tertiary/aromatic N) is 1. The van der Waals surface area contributed by atoms with Gasteiger partial charge in [0.2, 0.25) is 0 Å². The van der Waals surface area contributed by atoms with E-state index in [0.29, 0.717) is 6.54 Å². The number of ether oxygens (including phenoxy) is 2. The van der Waals surface area contributed by atoms with E-state index in [2.05, 4.69) is 16.2 Å². The van der Waals surface area contributed by atoms with Crippen LogP contribution < -0.4 is 0 Å². The van der Waals surface area contributed by atoms with Gasteiger partial charge < -0.3 is 9.47 Å². The molecular formula is C11H19NO3. The zero-order valence-corrected chi connectivity index (χ0v) is 9.44. The Morgan fingerprint density at radius 2 is 2.40 bits per heavy atom. The molecule has 2 atom stereocenters. The van der Waals surface area contributed by atoms with Crippen molar-refractivity contribution in [3.05, 3.63) is 12.7 Å². The first-order valence-corrected chi connectivity index (χ1v) is 5.24. The molecule has 0 N–H and O–H groups in total. The Morgan fingerprint density at radius 1 is 1.67 bits per heavy atom. The fourth-order valence-electron chi connectivity index (χ4n) is 1.76. The molecule has 0 unspecified atom stereocenters. The van der Waals surface area contributed by atoms with Crippen LogP contribution in [-0.2, 0) is 14.3 Å². The number of methoxy groups -OCH3 is 1. The van der Waals surface area contributed by atoms with E-state index in [1.807, 2.05) is 13.0 Å². The maximum absolute atomic E-state index is 11.3. The molecule has 0 aliphatic carbocycles. The summed E-state index contributed by atoms with van der Waals surface area (Å²) in [4.78, 5) is 13.5. The summed E-state index contributed by atoms with van der Waals surface area (Å²) in [6.07, 6.45) is 2.45. The molecule has 0 spiro atoms. The van der Waals surface area contributed by atoms with Crippen molar-refractivity contribution in [2.24, 2.45) is 0 Å². The largest absolute Gasteiger partial charge is 0.467 e. The molecular weight excluding hydrogens is 194 g/mol. The van der Waals surface area contributed by atoms with E-state index in [4.69, 9.17) is 4.74 Å². The quantitative estimate of drug-likeness (QED) is 0.512. The molecule has 1 saturated heterocycles. The molecule has 0 saturated carbocycles. The van der Waals surface area contributed by atoms with Crippen LogP contribution in [0.1, 0.15) is 13.3 Å². The van der Waals surface area contributed by atoms with Crippen LogP contribution in [0.15, 0.2) is 12.7 Å². The average molecular weight is 213 g/mol. The highest BCUT2D eigenvalue weighted by Gasteiger charge is 2.30. The van der Waals surface area contributed by atoms with Crippen molar-refractivity contribution < 1.29 is 14.3 Å². The van der Waals surface area contributed by atoms with E-state index in [1.165, 1.54) is 7.11 Å². The molecule has 15 heavy (non-hydrogen) atoms. The number of carbonyl (C=O) groups excluding carboxylic acids is 1. The third kappa shape index (κ3) is 3.64. The normalized spacial score (nSPS) is 27.3. The van der Waals surface area contributed by atoms with Crippen LogP contribution in [0.3, 0.4) is 0 Å². The summed E-state index contributed by atoms with van der Waals surface area (Å²) in [5.41, 5.74) is 0. The Morgan fingerprint density at radius 3 is 3.00 bits per heavy atom. The second-order valence-corrected chi connectivity index (χ2v) is 3.80. The van der Waals surface area contributed by atoms with E-state index in [9.17, 15) is 4.79 Å². The van der Waals surface area contributed by atoms with Gasteiger partial charge in [0.1, 0.15) is 0 Å². The Hall–Kier alpha value is -0.870. The van der Waals surface area contributed by atoms with Crippen LogP contribution in [0.2, 0.25) is 0 Å². The highest BCUT2D eigenvalue weighted by Crippen LogP contribution is 2.12. The minimum atomic E-state index is -0.441. The fourth-order valence-corrected chi connectivity index (χ4v) is 1.76. The number of rotatable bonds is 4. The van der Waals surface area contributed by atoms with Gasteiger partial charge in [0, 0.05) is 19.6 Å². The van der Waals surface area contributed by atoms with Gasteiger partial charge in [0.05, 0.1) is 13.2 Å². The van der Waals surface area contributed by atoms with Crippen LogP contribution in [0.4, 0.5) is 0 Å². The molecule has 0 aromatic rings. The Kier molecular flexibility index (Phi) is 4.78. The number of hydrogen-bond acceptors (Lipinski definition) is 4. The van der Waals surface area contributed by atoms with Gasteiger partial charge in [-0.15, -0.1) is 6.58 Å². The lowest BCUT2D eigenvalue weighted by atomic mass is 10.2. The van der Waals surface area contributed by atoms with E-state index < -0.39 is 6.10 Å². The van der Waals surface area contributed by atoms with Gasteiger partial charge in [-0.1, -0.05) is 6.08 Å². The maximum atomic E-state index is 11.3. The smallest absolute Gasteiger partial charge is 0.336 e. The predicted molar refractivity (Wildman–Crippen MR) is 57.6 cm³/mol. The molecule has 1 rings (SSSR count). The van der Waals surface area contributed by atoms with Gasteiger partial charge in [-0.2, -0.15) is 0 Å². The summed E-state index contributed by atoms with van der Waals surface area (Å²) in [7, 11) is 1.39. The van der Waals surface area contributed by atoms with E-state index in [1.54, 1.807) is 0 Å². The molecule has 0 bridgehead atoms. The first-order valence-electron chi connectivity index (χ1n) is 5.24. The molecule has 0 aromatic carbocycles. The topological polar surface area (TPSA) is 38.8 Å². The fraction of sp³-hybridized carbons (Fsp3) is 0.727. The molecule has 4 heteroatoms. The first kappa shape index (κ1) is 12.2. The number of esters is 1. The van der Waals surface area contributed by atoms with Crippen LogP contribution >= 0.6 is 0 Å². The molecule has 1 aliphatic rings. The molecule has 1 aliphatic heterocycles. The lowest BCUT2D eigenvalue weighted by Gasteiger charge is -2.35. The predicted octanol–water partition coefficient (Wildman–Crippen LogP) is 0.825. The lowest BCUT2D eigenvalue weighted by Crippen LogP contribution is -2.50. The van der Waals surface area contributed by atoms with Crippen molar-refractivity contribution in [1.29, 1.82) is 0 Å². The summed E-state index contributed by atoms with van der Waals surface area (Å²) in [6, 6.07) is 0. The monoisotopic (exact) mass is 213 g/mol. The van der Waals surface area contributed by atoms with Gasteiger partial charge >= 0.3 is 5.97 Å². The summed E-state index contributed by atoms with van der Waals surface area (Å²) in [5.74, 6) is -0.287. The van der Waals surface area contributed by atoms with Gasteiger partial charge in [-0.05, 0) is 13.3 Å². The molecule has 0 radical (unpaired) electrons. The van der Waals surface area contributed by atoms with Crippen LogP contribution in [-0.4, -0.2) is 49.8 Å². The van der Waals surface area contributed by atoms with Crippen molar-refractivity contribution in [3.8, 4) is 0 Å². The summed E-state index contributed by atoms with van der Waals surface area (Å²) < 4.78 is 10.2. The van der Waals surface area contributed by atoms with Crippen molar-refractivity contribution >= 4 is 5.97 Å². The van der Waals surface area contributed by atoms with E-state index in [0.717, 1.165) is 19.5 Å². The Labute approximate surface area is 90.8 Å². The second-order valence-electron chi connectivity index (χ2n) is 3.80. The first-order chi connectivity index (χ1) is 7.17. The summed E-state index contributed by atoms with van der Waals surface area (Å²) >= 11 is 0. The van der Waals surface area contributed by atoms with Crippen LogP contribution in [0.25, 0.3) is 0 Å². The minimum Gasteiger partial charge on any atom is -0.467 e. The SMILES string of the molecule is C=CCCN1C[C@@H](C)O[C@H](C(=O)OC)C1. The van der Waals surface area contributed by atoms with E-state index in [-0.39, 0.29) is 12.1 Å². The van der Waals surface area contributed by atoms with Gasteiger partial charge in [-0.25, -0.2) is 4.79 Å². The number of carbonyl (C=O) groups is 1. The maximum Gasteiger partial charge on any atom is 0.336 e. The third-order valence-electron chi connectivity index (χ3n) is 2.45. The molecule has 86 valence electrons. The zero-order chi connectivity index (χ0) is 11.3. The van der Waals surface area contributed by atoms with Crippen molar-refractivity contribution in [3.63, 3.8) is 0 Å². The molecule has 0 aromatic heterocycles. The minimum absolute atomic E-state index is 0.0765. The summed E-state index contributed by atoms with van der Waals surface area (Å²) in [6.45, 7) is 8.05. The highest BCUT2D eigenvalue weighted by atomic mass is 16.6. The third-order valence-corrected chi connectivity index (χ3v) is 2.45. The Balaban J connectivity index is 2.47.